The van der Waals surface area contributed by atoms with E-state index in [0.717, 1.165) is 33.3 Å². The SMILES string of the molecule is C=NNC(C)c1c(C2CC2)nc2ccc(Cl)cc2c1-c1cccc(Cl)c1.CC. The molecular formula is C23H25Cl2N3. The molecule has 1 atom stereocenters. The first-order chi connectivity index (χ1) is 13.6. The minimum Gasteiger partial charge on any atom is -0.303 e. The third-order valence-corrected chi connectivity index (χ3v) is 5.28. The monoisotopic (exact) mass is 413 g/mol. The third kappa shape index (κ3) is 4.16. The van der Waals surface area contributed by atoms with Crippen molar-refractivity contribution in [3.8, 4) is 11.1 Å². The zero-order valence-corrected chi connectivity index (χ0v) is 18.0. The third-order valence-electron chi connectivity index (χ3n) is 4.81. The Hall–Kier alpha value is -2.10. The van der Waals surface area contributed by atoms with Gasteiger partial charge in [-0.1, -0.05) is 49.2 Å². The first-order valence-corrected chi connectivity index (χ1v) is 10.4. The van der Waals surface area contributed by atoms with Gasteiger partial charge in [0.15, 0.2) is 0 Å². The van der Waals surface area contributed by atoms with Gasteiger partial charge in [0.05, 0.1) is 17.3 Å². The summed E-state index contributed by atoms with van der Waals surface area (Å²) in [4.78, 5) is 5.00. The smallest absolute Gasteiger partial charge is 0.0712 e. The molecule has 1 unspecified atom stereocenters. The normalized spacial score (nSPS) is 14.2. The molecule has 0 radical (unpaired) electrons. The fraction of sp³-hybridized carbons (Fsp3) is 0.304. The summed E-state index contributed by atoms with van der Waals surface area (Å²) in [5.74, 6) is 0.497. The highest BCUT2D eigenvalue weighted by molar-refractivity contribution is 6.32. The maximum absolute atomic E-state index is 6.32. The van der Waals surface area contributed by atoms with Crippen molar-refractivity contribution < 1.29 is 0 Å². The molecule has 1 aliphatic rings. The summed E-state index contributed by atoms with van der Waals surface area (Å²) in [6, 6.07) is 13.8. The lowest BCUT2D eigenvalue weighted by Gasteiger charge is -2.22. The Labute approximate surface area is 176 Å². The van der Waals surface area contributed by atoms with Crippen molar-refractivity contribution in [2.75, 3.05) is 0 Å². The van der Waals surface area contributed by atoms with Gasteiger partial charge in [0.2, 0.25) is 0 Å². The number of rotatable bonds is 5. The van der Waals surface area contributed by atoms with Crippen LogP contribution in [0, 0.1) is 0 Å². The number of hydrogen-bond acceptors (Lipinski definition) is 3. The zero-order chi connectivity index (χ0) is 20.3. The van der Waals surface area contributed by atoms with Crippen molar-refractivity contribution in [3.63, 3.8) is 0 Å². The molecule has 4 rings (SSSR count). The van der Waals surface area contributed by atoms with Crippen LogP contribution in [0.2, 0.25) is 10.0 Å². The molecule has 0 aliphatic heterocycles. The van der Waals surface area contributed by atoms with E-state index < -0.39 is 0 Å². The summed E-state index contributed by atoms with van der Waals surface area (Å²) in [6.07, 6.45) is 2.34. The van der Waals surface area contributed by atoms with E-state index in [9.17, 15) is 0 Å². The largest absolute Gasteiger partial charge is 0.303 e. The van der Waals surface area contributed by atoms with Gasteiger partial charge in [-0.25, -0.2) is 0 Å². The highest BCUT2D eigenvalue weighted by atomic mass is 35.5. The van der Waals surface area contributed by atoms with Gasteiger partial charge in [-0.05, 0) is 61.2 Å². The molecule has 0 saturated heterocycles. The molecule has 5 heteroatoms. The molecule has 1 aliphatic carbocycles. The number of hydrogen-bond donors (Lipinski definition) is 1. The Kier molecular flexibility index (Phi) is 6.58. The average Bonchev–Trinajstić information content (AvgIpc) is 3.53. The van der Waals surface area contributed by atoms with Gasteiger partial charge in [-0.15, -0.1) is 0 Å². The second-order valence-corrected chi connectivity index (χ2v) is 7.61. The second kappa shape index (κ2) is 8.93. The quantitative estimate of drug-likeness (QED) is 0.349. The summed E-state index contributed by atoms with van der Waals surface area (Å²) in [5.41, 5.74) is 8.51. The number of hydrazone groups is 1. The van der Waals surface area contributed by atoms with Crippen LogP contribution in [0.3, 0.4) is 0 Å². The van der Waals surface area contributed by atoms with Crippen LogP contribution >= 0.6 is 23.2 Å². The van der Waals surface area contributed by atoms with Crippen molar-refractivity contribution in [1.29, 1.82) is 0 Å². The minimum absolute atomic E-state index is 0.0204. The van der Waals surface area contributed by atoms with Gasteiger partial charge in [0, 0.05) is 33.6 Å². The number of halogens is 2. The fourth-order valence-electron chi connectivity index (χ4n) is 3.53. The van der Waals surface area contributed by atoms with Crippen LogP contribution < -0.4 is 5.43 Å². The van der Waals surface area contributed by atoms with E-state index in [-0.39, 0.29) is 6.04 Å². The number of pyridine rings is 1. The van der Waals surface area contributed by atoms with Crippen molar-refractivity contribution in [2.24, 2.45) is 5.10 Å². The minimum atomic E-state index is -0.0204. The molecule has 0 spiro atoms. The van der Waals surface area contributed by atoms with Crippen molar-refractivity contribution in [2.45, 2.75) is 45.6 Å². The van der Waals surface area contributed by atoms with E-state index in [1.165, 1.54) is 12.8 Å². The van der Waals surface area contributed by atoms with Crippen LogP contribution in [0.5, 0.6) is 0 Å². The molecule has 3 aromatic rings. The van der Waals surface area contributed by atoms with Crippen molar-refractivity contribution >= 4 is 40.8 Å². The Bertz CT molecular complexity index is 997. The maximum atomic E-state index is 6.32. The zero-order valence-electron chi connectivity index (χ0n) is 16.5. The van der Waals surface area contributed by atoms with E-state index in [1.807, 2.05) is 50.2 Å². The number of fused-ring (bicyclic) bond motifs is 1. The molecule has 1 aromatic heterocycles. The molecule has 1 saturated carbocycles. The average molecular weight is 414 g/mol. The number of aromatic nitrogens is 1. The molecule has 146 valence electrons. The van der Waals surface area contributed by atoms with Crippen LogP contribution in [0.1, 0.15) is 56.8 Å². The lowest BCUT2D eigenvalue weighted by molar-refractivity contribution is 0.602. The Morgan fingerprint density at radius 2 is 1.82 bits per heavy atom. The highest BCUT2D eigenvalue weighted by Crippen LogP contribution is 2.47. The fourth-order valence-corrected chi connectivity index (χ4v) is 3.89. The van der Waals surface area contributed by atoms with E-state index in [2.05, 4.69) is 30.2 Å². The van der Waals surface area contributed by atoms with E-state index in [1.54, 1.807) is 0 Å². The van der Waals surface area contributed by atoms with E-state index in [0.29, 0.717) is 16.0 Å². The van der Waals surface area contributed by atoms with Crippen LogP contribution in [0.4, 0.5) is 0 Å². The van der Waals surface area contributed by atoms with Gasteiger partial charge in [-0.3, -0.25) is 4.98 Å². The van der Waals surface area contributed by atoms with Gasteiger partial charge in [0.1, 0.15) is 0 Å². The predicted molar refractivity (Wildman–Crippen MR) is 122 cm³/mol. The topological polar surface area (TPSA) is 37.3 Å². The first kappa shape index (κ1) is 20.6. The molecule has 2 aromatic carbocycles. The molecule has 0 amide bonds. The summed E-state index contributed by atoms with van der Waals surface area (Å²) < 4.78 is 0. The molecule has 1 heterocycles. The Balaban J connectivity index is 0.00000109. The van der Waals surface area contributed by atoms with Crippen LogP contribution in [-0.2, 0) is 0 Å². The number of nitrogens with zero attached hydrogens (tertiary/aromatic N) is 2. The summed E-state index contributed by atoms with van der Waals surface area (Å²) in [5, 5.41) is 6.32. The van der Waals surface area contributed by atoms with E-state index in [4.69, 9.17) is 28.2 Å². The van der Waals surface area contributed by atoms with Crippen molar-refractivity contribution in [3.05, 3.63) is 63.8 Å². The molecule has 1 N–H and O–H groups in total. The first-order valence-electron chi connectivity index (χ1n) is 9.68. The van der Waals surface area contributed by atoms with Crippen LogP contribution in [-0.4, -0.2) is 11.7 Å². The highest BCUT2D eigenvalue weighted by Gasteiger charge is 2.32. The van der Waals surface area contributed by atoms with E-state index >= 15 is 0 Å². The lowest BCUT2D eigenvalue weighted by Crippen LogP contribution is -2.16. The summed E-state index contributed by atoms with van der Waals surface area (Å²) >= 11 is 12.6. The second-order valence-electron chi connectivity index (χ2n) is 6.74. The van der Waals surface area contributed by atoms with Gasteiger partial charge in [0.25, 0.3) is 0 Å². The molecule has 3 nitrogen and oxygen atoms in total. The summed E-state index contributed by atoms with van der Waals surface area (Å²) in [6.45, 7) is 9.67. The van der Waals surface area contributed by atoms with Crippen LogP contribution in [0.15, 0.2) is 47.6 Å². The van der Waals surface area contributed by atoms with Gasteiger partial charge >= 0.3 is 0 Å². The molecule has 0 bridgehead atoms. The number of nitrogens with one attached hydrogen (secondary N) is 1. The standard InChI is InChI=1S/C21H19Cl2N3.C2H6/c1-12(26-24-2)19-20(14-4-3-5-15(22)10-14)17-11-16(23)8-9-18(17)25-21(19)13-6-7-13;1-2/h3-5,8-13,26H,2,6-7H2,1H3;1-2H3. The van der Waals surface area contributed by atoms with Crippen molar-refractivity contribution in [1.82, 2.24) is 10.4 Å². The lowest BCUT2D eigenvalue weighted by atomic mass is 9.89. The molecule has 28 heavy (non-hydrogen) atoms. The summed E-state index contributed by atoms with van der Waals surface area (Å²) in [7, 11) is 0. The Morgan fingerprint density at radius 3 is 2.46 bits per heavy atom. The van der Waals surface area contributed by atoms with Crippen LogP contribution in [0.25, 0.3) is 22.0 Å². The molecular weight excluding hydrogens is 389 g/mol. The number of benzene rings is 2. The Morgan fingerprint density at radius 1 is 1.11 bits per heavy atom. The predicted octanol–water partition coefficient (Wildman–Crippen LogP) is 7.38. The maximum Gasteiger partial charge on any atom is 0.0712 e. The molecule has 1 fully saturated rings. The van der Waals surface area contributed by atoms with Gasteiger partial charge < -0.3 is 5.43 Å². The van der Waals surface area contributed by atoms with Gasteiger partial charge in [-0.2, -0.15) is 5.10 Å².